The van der Waals surface area contributed by atoms with Gasteiger partial charge in [0.25, 0.3) is 0 Å². The van der Waals surface area contributed by atoms with E-state index >= 15 is 0 Å². The second-order valence-corrected chi connectivity index (χ2v) is 4.17. The van der Waals surface area contributed by atoms with E-state index in [1.54, 1.807) is 6.20 Å². The first-order chi connectivity index (χ1) is 9.65. The summed E-state index contributed by atoms with van der Waals surface area (Å²) in [5.41, 5.74) is 0.550. The molecule has 0 saturated heterocycles. The number of anilines is 1. The zero-order valence-corrected chi connectivity index (χ0v) is 11.4. The molecular weight excluding hydrogens is 261 g/mol. The SMILES string of the molecule is CCn1ccnc1CNc1cc(C(=O)OC)ccc1F. The van der Waals surface area contributed by atoms with Crippen molar-refractivity contribution in [2.24, 2.45) is 0 Å². The molecule has 1 aromatic carbocycles. The molecule has 0 amide bonds. The smallest absolute Gasteiger partial charge is 0.337 e. The quantitative estimate of drug-likeness (QED) is 0.853. The van der Waals surface area contributed by atoms with Crippen LogP contribution < -0.4 is 5.32 Å². The Hall–Kier alpha value is -2.37. The molecular formula is C14H16FN3O2. The normalized spacial score (nSPS) is 10.3. The van der Waals surface area contributed by atoms with Crippen LogP contribution in [-0.2, 0) is 17.8 Å². The molecule has 0 bridgehead atoms. The van der Waals surface area contributed by atoms with Crippen molar-refractivity contribution < 1.29 is 13.9 Å². The van der Waals surface area contributed by atoms with Crippen molar-refractivity contribution in [3.8, 4) is 0 Å². The number of imidazole rings is 1. The number of hydrogen-bond acceptors (Lipinski definition) is 4. The number of carbonyl (C=O) groups excluding carboxylic acids is 1. The fraction of sp³-hybridized carbons (Fsp3) is 0.286. The summed E-state index contributed by atoms with van der Waals surface area (Å²) >= 11 is 0. The summed E-state index contributed by atoms with van der Waals surface area (Å²) < 4.78 is 20.3. The number of esters is 1. The molecule has 0 spiro atoms. The van der Waals surface area contributed by atoms with Gasteiger partial charge in [0, 0.05) is 18.9 Å². The molecule has 2 aromatic rings. The highest BCUT2D eigenvalue weighted by Crippen LogP contribution is 2.17. The van der Waals surface area contributed by atoms with Gasteiger partial charge in [0.05, 0.1) is 24.9 Å². The lowest BCUT2D eigenvalue weighted by molar-refractivity contribution is 0.0600. The van der Waals surface area contributed by atoms with Gasteiger partial charge in [-0.2, -0.15) is 0 Å². The van der Waals surface area contributed by atoms with Crippen LogP contribution in [0.15, 0.2) is 30.6 Å². The van der Waals surface area contributed by atoms with E-state index in [1.165, 1.54) is 25.3 Å². The second-order valence-electron chi connectivity index (χ2n) is 4.17. The van der Waals surface area contributed by atoms with Crippen LogP contribution in [0.5, 0.6) is 0 Å². The van der Waals surface area contributed by atoms with Crippen LogP contribution >= 0.6 is 0 Å². The molecule has 0 fully saturated rings. The number of ether oxygens (including phenoxy) is 1. The molecule has 2 rings (SSSR count). The first-order valence-corrected chi connectivity index (χ1v) is 6.27. The zero-order valence-electron chi connectivity index (χ0n) is 11.4. The van der Waals surface area contributed by atoms with Crippen LogP contribution in [0.2, 0.25) is 0 Å². The maximum Gasteiger partial charge on any atom is 0.337 e. The lowest BCUT2D eigenvalue weighted by Gasteiger charge is -2.10. The number of aromatic nitrogens is 2. The van der Waals surface area contributed by atoms with E-state index in [2.05, 4.69) is 15.0 Å². The van der Waals surface area contributed by atoms with Crippen LogP contribution in [0.4, 0.5) is 10.1 Å². The van der Waals surface area contributed by atoms with Crippen molar-refractivity contribution >= 4 is 11.7 Å². The van der Waals surface area contributed by atoms with E-state index in [9.17, 15) is 9.18 Å². The van der Waals surface area contributed by atoms with Gasteiger partial charge in [-0.3, -0.25) is 0 Å². The summed E-state index contributed by atoms with van der Waals surface area (Å²) in [5.74, 6) is -0.120. The molecule has 1 aromatic heterocycles. The van der Waals surface area contributed by atoms with Gasteiger partial charge in [0.15, 0.2) is 0 Å². The first-order valence-electron chi connectivity index (χ1n) is 6.27. The number of benzene rings is 1. The van der Waals surface area contributed by atoms with Gasteiger partial charge >= 0.3 is 5.97 Å². The summed E-state index contributed by atoms with van der Waals surface area (Å²) in [6.07, 6.45) is 3.56. The van der Waals surface area contributed by atoms with E-state index in [0.717, 1.165) is 12.4 Å². The molecule has 0 unspecified atom stereocenters. The highest BCUT2D eigenvalue weighted by atomic mass is 19.1. The molecule has 0 saturated carbocycles. The highest BCUT2D eigenvalue weighted by molar-refractivity contribution is 5.90. The largest absolute Gasteiger partial charge is 0.465 e. The van der Waals surface area contributed by atoms with Gasteiger partial charge in [-0.25, -0.2) is 14.2 Å². The molecule has 106 valence electrons. The van der Waals surface area contributed by atoms with Crippen LogP contribution in [0.25, 0.3) is 0 Å². The summed E-state index contributed by atoms with van der Waals surface area (Å²) in [6.45, 7) is 3.17. The predicted octanol–water partition coefficient (Wildman–Crippen LogP) is 2.44. The van der Waals surface area contributed by atoms with E-state index in [4.69, 9.17) is 0 Å². The minimum absolute atomic E-state index is 0.249. The molecule has 0 atom stereocenters. The monoisotopic (exact) mass is 277 g/mol. The molecule has 0 aliphatic carbocycles. The maximum atomic E-state index is 13.7. The fourth-order valence-corrected chi connectivity index (χ4v) is 1.88. The fourth-order valence-electron chi connectivity index (χ4n) is 1.88. The minimum Gasteiger partial charge on any atom is -0.465 e. The minimum atomic E-state index is -0.497. The summed E-state index contributed by atoms with van der Waals surface area (Å²) in [7, 11) is 1.29. The van der Waals surface area contributed by atoms with E-state index in [0.29, 0.717) is 12.1 Å². The van der Waals surface area contributed by atoms with Gasteiger partial charge in [-0.1, -0.05) is 0 Å². The van der Waals surface area contributed by atoms with Gasteiger partial charge in [0.2, 0.25) is 0 Å². The van der Waals surface area contributed by atoms with Crippen molar-refractivity contribution in [3.63, 3.8) is 0 Å². The van der Waals surface area contributed by atoms with Gasteiger partial charge in [-0.15, -0.1) is 0 Å². The molecule has 0 aliphatic rings. The Kier molecular flexibility index (Phi) is 4.34. The standard InChI is InChI=1S/C14H16FN3O2/c1-3-18-7-6-16-13(18)9-17-12-8-10(14(19)20-2)4-5-11(12)15/h4-8,17H,3,9H2,1-2H3. The Morgan fingerprint density at radius 3 is 3.00 bits per heavy atom. The van der Waals surface area contributed by atoms with Crippen molar-refractivity contribution in [3.05, 3.63) is 47.8 Å². The number of rotatable bonds is 5. The van der Waals surface area contributed by atoms with Crippen LogP contribution in [0.1, 0.15) is 23.1 Å². The lowest BCUT2D eigenvalue weighted by Crippen LogP contribution is -2.09. The Morgan fingerprint density at radius 1 is 1.50 bits per heavy atom. The third kappa shape index (κ3) is 2.96. The van der Waals surface area contributed by atoms with Gasteiger partial charge in [-0.05, 0) is 25.1 Å². The number of hydrogen-bond donors (Lipinski definition) is 1. The van der Waals surface area contributed by atoms with E-state index in [-0.39, 0.29) is 5.69 Å². The van der Waals surface area contributed by atoms with Crippen molar-refractivity contribution in [1.82, 2.24) is 9.55 Å². The topological polar surface area (TPSA) is 56.2 Å². The van der Waals surface area contributed by atoms with E-state index < -0.39 is 11.8 Å². The highest BCUT2D eigenvalue weighted by Gasteiger charge is 2.10. The number of nitrogens with zero attached hydrogens (tertiary/aromatic N) is 2. The zero-order chi connectivity index (χ0) is 14.5. The van der Waals surface area contributed by atoms with Gasteiger partial charge < -0.3 is 14.6 Å². The average molecular weight is 277 g/mol. The Balaban J connectivity index is 2.14. The Morgan fingerprint density at radius 2 is 2.30 bits per heavy atom. The Bertz CT molecular complexity index is 610. The predicted molar refractivity (Wildman–Crippen MR) is 73.0 cm³/mol. The summed E-state index contributed by atoms with van der Waals surface area (Å²) in [5, 5.41) is 2.94. The summed E-state index contributed by atoms with van der Waals surface area (Å²) in [4.78, 5) is 15.6. The number of aryl methyl sites for hydroxylation is 1. The van der Waals surface area contributed by atoms with Crippen molar-refractivity contribution in [2.75, 3.05) is 12.4 Å². The number of carbonyl (C=O) groups is 1. The molecule has 20 heavy (non-hydrogen) atoms. The van der Waals surface area contributed by atoms with Gasteiger partial charge in [0.1, 0.15) is 11.6 Å². The average Bonchev–Trinajstić information content (AvgIpc) is 2.93. The first kappa shape index (κ1) is 14.0. The van der Waals surface area contributed by atoms with Crippen molar-refractivity contribution in [1.29, 1.82) is 0 Å². The second kappa shape index (κ2) is 6.18. The van der Waals surface area contributed by atoms with Crippen molar-refractivity contribution in [2.45, 2.75) is 20.0 Å². The van der Waals surface area contributed by atoms with Crippen LogP contribution in [0.3, 0.4) is 0 Å². The molecule has 0 aliphatic heterocycles. The molecule has 0 radical (unpaired) electrons. The molecule has 1 N–H and O–H groups in total. The molecule has 6 heteroatoms. The molecule has 5 nitrogen and oxygen atoms in total. The Labute approximate surface area is 116 Å². The van der Waals surface area contributed by atoms with Crippen LogP contribution in [-0.4, -0.2) is 22.6 Å². The third-order valence-electron chi connectivity index (χ3n) is 2.97. The lowest BCUT2D eigenvalue weighted by atomic mass is 10.2. The third-order valence-corrected chi connectivity index (χ3v) is 2.97. The number of halogens is 1. The maximum absolute atomic E-state index is 13.7. The summed E-state index contributed by atoms with van der Waals surface area (Å²) in [6, 6.07) is 4.06. The van der Waals surface area contributed by atoms with E-state index in [1.807, 2.05) is 17.7 Å². The molecule has 1 heterocycles. The van der Waals surface area contributed by atoms with Crippen LogP contribution in [0, 0.1) is 5.82 Å². The number of nitrogens with one attached hydrogen (secondary N) is 1. The number of methoxy groups -OCH3 is 1.